The molecule has 9 nitrogen and oxygen atoms in total. The van der Waals surface area contributed by atoms with Crippen LogP contribution in [-0.2, 0) is 13.6 Å². The summed E-state index contributed by atoms with van der Waals surface area (Å²) in [6, 6.07) is 16.8. The summed E-state index contributed by atoms with van der Waals surface area (Å²) in [5.74, 6) is -0.996. The van der Waals surface area contributed by atoms with Crippen LogP contribution in [0.4, 0.5) is 0 Å². The average Bonchev–Trinajstić information content (AvgIpc) is 2.75. The van der Waals surface area contributed by atoms with Gasteiger partial charge in [-0.05, 0) is 52.0 Å². The summed E-state index contributed by atoms with van der Waals surface area (Å²) < 4.78 is 24.6. The highest BCUT2D eigenvalue weighted by Crippen LogP contribution is 2.51. The van der Waals surface area contributed by atoms with Crippen molar-refractivity contribution in [2.75, 3.05) is 0 Å². The van der Waals surface area contributed by atoms with Crippen LogP contribution in [0.2, 0.25) is 0 Å². The molecule has 2 amide bonds. The molecule has 2 aromatic rings. The van der Waals surface area contributed by atoms with Crippen molar-refractivity contribution in [3.8, 4) is 0 Å². The first kappa shape index (κ1) is 25.1. The van der Waals surface area contributed by atoms with E-state index in [1.165, 1.54) is 0 Å². The Bertz CT molecular complexity index is 993. The normalized spacial score (nSPS) is 12.4. The van der Waals surface area contributed by atoms with Crippen molar-refractivity contribution < 1.29 is 23.2 Å². The predicted molar refractivity (Wildman–Crippen MR) is 124 cm³/mol. The number of hydrogen-bond donors (Lipinski definition) is 2. The molecule has 0 unspecified atom stereocenters. The summed E-state index contributed by atoms with van der Waals surface area (Å²) in [7, 11) is -3.99. The minimum atomic E-state index is -3.99. The van der Waals surface area contributed by atoms with E-state index in [1.807, 2.05) is 0 Å². The number of amides is 2. The molecule has 2 rings (SSSR count). The van der Waals surface area contributed by atoms with E-state index in [-0.39, 0.29) is 5.45 Å². The molecule has 0 heterocycles. The van der Waals surface area contributed by atoms with Gasteiger partial charge in [-0.2, -0.15) is 10.2 Å². The zero-order chi connectivity index (χ0) is 23.6. The number of carbonyl (C=O) groups excluding carboxylic acids is 2. The smallest absolute Gasteiger partial charge is 0.301 e. The molecular formula is C22H27N4O5P. The quantitative estimate of drug-likeness (QED) is 0.314. The molecule has 0 radical (unpaired) electrons. The van der Waals surface area contributed by atoms with Crippen LogP contribution in [0.1, 0.15) is 48.4 Å². The molecule has 0 aromatic heterocycles. The van der Waals surface area contributed by atoms with Crippen LogP contribution in [0.3, 0.4) is 0 Å². The molecule has 2 N–H and O–H groups in total. The maximum atomic E-state index is 13.5. The van der Waals surface area contributed by atoms with Crippen LogP contribution in [0.5, 0.6) is 0 Å². The molecule has 32 heavy (non-hydrogen) atoms. The Kier molecular flexibility index (Phi) is 9.46. The van der Waals surface area contributed by atoms with Gasteiger partial charge in [0.25, 0.3) is 11.8 Å². The van der Waals surface area contributed by atoms with Gasteiger partial charge >= 0.3 is 7.60 Å². The van der Waals surface area contributed by atoms with Gasteiger partial charge in [0.1, 0.15) is 0 Å². The van der Waals surface area contributed by atoms with Crippen molar-refractivity contribution in [1.82, 2.24) is 10.9 Å². The molecule has 10 heteroatoms. The van der Waals surface area contributed by atoms with Crippen molar-refractivity contribution in [2.45, 2.75) is 39.9 Å². The third kappa shape index (κ3) is 7.85. The van der Waals surface area contributed by atoms with Crippen LogP contribution in [0, 0.1) is 0 Å². The first-order chi connectivity index (χ1) is 15.2. The first-order valence-electron chi connectivity index (χ1n) is 10.00. The molecule has 0 aliphatic rings. The van der Waals surface area contributed by atoms with Crippen LogP contribution in [0.15, 0.2) is 70.9 Å². The Morgan fingerprint density at radius 2 is 1.25 bits per heavy atom. The van der Waals surface area contributed by atoms with Gasteiger partial charge in [-0.15, -0.1) is 0 Å². The molecule has 0 saturated carbocycles. The van der Waals surface area contributed by atoms with Crippen molar-refractivity contribution in [3.63, 3.8) is 0 Å². The first-order valence-corrected chi connectivity index (χ1v) is 11.5. The maximum Gasteiger partial charge on any atom is 0.383 e. The van der Waals surface area contributed by atoms with E-state index in [9.17, 15) is 14.2 Å². The van der Waals surface area contributed by atoms with Crippen molar-refractivity contribution in [1.29, 1.82) is 0 Å². The minimum Gasteiger partial charge on any atom is -0.301 e. The lowest BCUT2D eigenvalue weighted by Gasteiger charge is -2.22. The maximum absolute atomic E-state index is 13.5. The molecule has 0 fully saturated rings. The summed E-state index contributed by atoms with van der Waals surface area (Å²) in [5.41, 5.74) is 5.15. The van der Waals surface area contributed by atoms with E-state index >= 15 is 0 Å². The lowest BCUT2D eigenvalue weighted by atomic mass is 10.2. The monoisotopic (exact) mass is 458 g/mol. The fraction of sp³-hybridized carbons (Fsp3) is 0.273. The molecule has 0 spiro atoms. The summed E-state index contributed by atoms with van der Waals surface area (Å²) in [5, 5.41) is 7.79. The fourth-order valence-corrected chi connectivity index (χ4v) is 4.16. The zero-order valence-electron chi connectivity index (χ0n) is 18.4. The van der Waals surface area contributed by atoms with E-state index in [1.54, 1.807) is 88.4 Å². The number of hydrogen-bond acceptors (Lipinski definition) is 7. The van der Waals surface area contributed by atoms with E-state index < -0.39 is 31.6 Å². The molecule has 0 aliphatic heterocycles. The second kappa shape index (κ2) is 12.0. The summed E-state index contributed by atoms with van der Waals surface area (Å²) in [6.45, 7) is 6.74. The molecule has 0 saturated heterocycles. The van der Waals surface area contributed by atoms with Gasteiger partial charge in [0, 0.05) is 11.1 Å². The molecule has 0 aliphatic carbocycles. The number of nitrogens with zero attached hydrogens (tertiary/aromatic N) is 2. The number of carbonyl (C=O) groups is 2. The third-order valence-corrected chi connectivity index (χ3v) is 5.84. The lowest BCUT2D eigenvalue weighted by molar-refractivity contribution is 0.0946. The van der Waals surface area contributed by atoms with Gasteiger partial charge in [-0.1, -0.05) is 36.4 Å². The van der Waals surface area contributed by atoms with E-state index in [0.29, 0.717) is 11.1 Å². The zero-order valence-corrected chi connectivity index (χ0v) is 19.3. The third-order valence-electron chi connectivity index (χ3n) is 3.67. The number of hydrazone groups is 2. The van der Waals surface area contributed by atoms with Crippen molar-refractivity contribution in [2.24, 2.45) is 10.2 Å². The summed E-state index contributed by atoms with van der Waals surface area (Å²) in [4.78, 5) is 24.6. The Labute approximate surface area is 187 Å². The van der Waals surface area contributed by atoms with Crippen LogP contribution in [0.25, 0.3) is 0 Å². The van der Waals surface area contributed by atoms with E-state index in [4.69, 9.17) is 9.05 Å². The standard InChI is InChI=1S/C22H27N4O5P/c1-16(2)30-32(29,31-17(3)4)20(24-26-22(28)19-13-9-6-10-14-19)15-23-25-21(27)18-11-7-5-8-12-18/h5-17H,1-4H3,(H,25,27)(H,26,28)/b23-15+,24-20-. The Morgan fingerprint density at radius 3 is 1.69 bits per heavy atom. The predicted octanol–water partition coefficient (Wildman–Crippen LogP) is 4.19. The largest absolute Gasteiger partial charge is 0.383 e. The highest BCUT2D eigenvalue weighted by molar-refractivity contribution is 7.75. The van der Waals surface area contributed by atoms with Gasteiger partial charge in [0.2, 0.25) is 0 Å². The average molecular weight is 458 g/mol. The fourth-order valence-electron chi connectivity index (χ4n) is 2.41. The van der Waals surface area contributed by atoms with E-state index in [0.717, 1.165) is 6.21 Å². The Hall–Kier alpha value is -3.13. The van der Waals surface area contributed by atoms with Gasteiger partial charge < -0.3 is 9.05 Å². The minimum absolute atomic E-state index is 0.266. The van der Waals surface area contributed by atoms with Crippen LogP contribution >= 0.6 is 7.60 Å². The van der Waals surface area contributed by atoms with Crippen LogP contribution < -0.4 is 10.9 Å². The van der Waals surface area contributed by atoms with E-state index in [2.05, 4.69) is 21.1 Å². The topological polar surface area (TPSA) is 118 Å². The van der Waals surface area contributed by atoms with Gasteiger partial charge in [0.05, 0.1) is 18.4 Å². The molecule has 2 aromatic carbocycles. The Balaban J connectivity index is 2.30. The van der Waals surface area contributed by atoms with Crippen molar-refractivity contribution >= 4 is 31.1 Å². The SMILES string of the molecule is CC(C)OP(=O)(OC(C)C)C(/C=N/NC(=O)c1ccccc1)=N\NC(=O)c1ccccc1. The van der Waals surface area contributed by atoms with Crippen molar-refractivity contribution in [3.05, 3.63) is 71.8 Å². The van der Waals surface area contributed by atoms with Gasteiger partial charge in [-0.25, -0.2) is 10.9 Å². The van der Waals surface area contributed by atoms with Gasteiger partial charge in [-0.3, -0.25) is 14.2 Å². The molecule has 0 bridgehead atoms. The molecule has 0 atom stereocenters. The molecule has 170 valence electrons. The highest BCUT2D eigenvalue weighted by atomic mass is 31.2. The van der Waals surface area contributed by atoms with Gasteiger partial charge in [0.15, 0.2) is 5.45 Å². The van der Waals surface area contributed by atoms with Crippen LogP contribution in [-0.4, -0.2) is 35.7 Å². The number of nitrogens with one attached hydrogen (secondary N) is 2. The number of rotatable bonds is 10. The summed E-state index contributed by atoms with van der Waals surface area (Å²) >= 11 is 0. The second-order valence-electron chi connectivity index (χ2n) is 7.15. The molecular weight excluding hydrogens is 431 g/mol. The Morgan fingerprint density at radius 1 is 0.812 bits per heavy atom. The summed E-state index contributed by atoms with van der Waals surface area (Å²) in [6.07, 6.45) is 0.0984. The number of benzene rings is 2. The lowest BCUT2D eigenvalue weighted by Crippen LogP contribution is -2.24. The second-order valence-corrected chi connectivity index (χ2v) is 9.02. The highest BCUT2D eigenvalue weighted by Gasteiger charge is 2.34.